The summed E-state index contributed by atoms with van der Waals surface area (Å²) in [6, 6.07) is 14.0. The molecule has 7 heteroatoms. The first-order valence-electron chi connectivity index (χ1n) is 8.49. The van der Waals surface area contributed by atoms with Gasteiger partial charge in [-0.1, -0.05) is 18.2 Å². The maximum absolute atomic E-state index is 12.1. The number of benzene rings is 2. The van der Waals surface area contributed by atoms with E-state index in [2.05, 4.69) is 10.6 Å². The summed E-state index contributed by atoms with van der Waals surface area (Å²) in [6.45, 7) is 1.53. The number of para-hydroxylation sites is 1. The zero-order valence-electron chi connectivity index (χ0n) is 15.7. The van der Waals surface area contributed by atoms with Gasteiger partial charge in [-0.05, 0) is 37.3 Å². The van der Waals surface area contributed by atoms with E-state index in [9.17, 15) is 9.59 Å². The fraction of sp³-hybridized carbons (Fsp3) is 0.300. The van der Waals surface area contributed by atoms with Crippen LogP contribution in [0.5, 0.6) is 17.2 Å². The molecule has 27 heavy (non-hydrogen) atoms. The van der Waals surface area contributed by atoms with Gasteiger partial charge in [-0.25, -0.2) is 0 Å². The lowest BCUT2D eigenvalue weighted by Crippen LogP contribution is -2.39. The predicted octanol–water partition coefficient (Wildman–Crippen LogP) is 2.08. The van der Waals surface area contributed by atoms with Gasteiger partial charge in [-0.3, -0.25) is 9.59 Å². The second-order valence-electron chi connectivity index (χ2n) is 5.78. The van der Waals surface area contributed by atoms with Crippen LogP contribution in [0.4, 0.5) is 0 Å². The van der Waals surface area contributed by atoms with E-state index in [-0.39, 0.29) is 31.0 Å². The van der Waals surface area contributed by atoms with Crippen molar-refractivity contribution in [2.75, 3.05) is 27.4 Å². The molecule has 1 atom stereocenters. The van der Waals surface area contributed by atoms with Crippen LogP contribution in [0.15, 0.2) is 48.5 Å². The van der Waals surface area contributed by atoms with Gasteiger partial charge in [0, 0.05) is 5.56 Å². The third-order valence-electron chi connectivity index (χ3n) is 3.84. The smallest absolute Gasteiger partial charge is 0.258 e. The van der Waals surface area contributed by atoms with Crippen molar-refractivity contribution >= 4 is 11.8 Å². The summed E-state index contributed by atoms with van der Waals surface area (Å²) < 4.78 is 15.9. The molecule has 0 spiro atoms. The van der Waals surface area contributed by atoms with Crippen LogP contribution in [0, 0.1) is 0 Å². The number of amides is 2. The Morgan fingerprint density at radius 3 is 2.37 bits per heavy atom. The average Bonchev–Trinajstić information content (AvgIpc) is 2.70. The molecular weight excluding hydrogens is 348 g/mol. The Kier molecular flexibility index (Phi) is 7.49. The molecule has 0 radical (unpaired) electrons. The highest BCUT2D eigenvalue weighted by Crippen LogP contribution is 2.29. The van der Waals surface area contributed by atoms with Gasteiger partial charge >= 0.3 is 0 Å². The number of methoxy groups -OCH3 is 2. The van der Waals surface area contributed by atoms with E-state index < -0.39 is 0 Å². The van der Waals surface area contributed by atoms with Gasteiger partial charge < -0.3 is 24.8 Å². The first kappa shape index (κ1) is 20.1. The Labute approximate surface area is 158 Å². The minimum absolute atomic E-state index is 0.145. The minimum atomic E-state index is -0.374. The quantitative estimate of drug-likeness (QED) is 0.704. The number of ether oxygens (including phenoxy) is 3. The summed E-state index contributed by atoms with van der Waals surface area (Å²) >= 11 is 0. The lowest BCUT2D eigenvalue weighted by atomic mass is 10.1. The monoisotopic (exact) mass is 372 g/mol. The largest absolute Gasteiger partial charge is 0.497 e. The van der Waals surface area contributed by atoms with Crippen molar-refractivity contribution in [1.29, 1.82) is 0 Å². The molecule has 0 fully saturated rings. The van der Waals surface area contributed by atoms with Gasteiger partial charge in [0.1, 0.15) is 17.2 Å². The van der Waals surface area contributed by atoms with Gasteiger partial charge in [0.2, 0.25) is 5.91 Å². The van der Waals surface area contributed by atoms with Crippen molar-refractivity contribution in [3.05, 3.63) is 54.1 Å². The Balaban J connectivity index is 1.82. The lowest BCUT2D eigenvalue weighted by molar-refractivity contribution is -0.127. The Hall–Kier alpha value is -3.22. The molecule has 2 aromatic carbocycles. The number of rotatable bonds is 9. The summed E-state index contributed by atoms with van der Waals surface area (Å²) in [4.78, 5) is 23.9. The maximum atomic E-state index is 12.1. The summed E-state index contributed by atoms with van der Waals surface area (Å²) in [5, 5.41) is 5.35. The second-order valence-corrected chi connectivity index (χ2v) is 5.78. The van der Waals surface area contributed by atoms with E-state index in [1.165, 1.54) is 0 Å². The highest BCUT2D eigenvalue weighted by atomic mass is 16.5. The fourth-order valence-corrected chi connectivity index (χ4v) is 2.44. The Morgan fingerprint density at radius 1 is 0.963 bits per heavy atom. The molecular formula is C20H24N2O5. The fourth-order valence-electron chi connectivity index (χ4n) is 2.44. The van der Waals surface area contributed by atoms with Crippen LogP contribution in [0.25, 0.3) is 0 Å². The molecule has 0 unspecified atom stereocenters. The van der Waals surface area contributed by atoms with Crippen LogP contribution >= 0.6 is 0 Å². The van der Waals surface area contributed by atoms with Crippen LogP contribution in [-0.2, 0) is 9.59 Å². The standard InChI is InChI=1S/C20H24N2O5/c1-14(17-11-16(25-2)9-10-18(17)26-3)22-19(23)12-21-20(24)13-27-15-7-5-4-6-8-15/h4-11,14H,12-13H2,1-3H3,(H,21,24)(H,22,23)/t14-/m1/s1. The van der Waals surface area contributed by atoms with Crippen LogP contribution < -0.4 is 24.8 Å². The number of nitrogens with one attached hydrogen (secondary N) is 2. The van der Waals surface area contributed by atoms with Crippen molar-refractivity contribution in [2.24, 2.45) is 0 Å². The first-order chi connectivity index (χ1) is 13.0. The van der Waals surface area contributed by atoms with E-state index in [0.717, 1.165) is 5.56 Å². The van der Waals surface area contributed by atoms with E-state index in [1.807, 2.05) is 25.1 Å². The molecule has 0 aliphatic carbocycles. The zero-order valence-corrected chi connectivity index (χ0v) is 15.7. The van der Waals surface area contributed by atoms with E-state index >= 15 is 0 Å². The van der Waals surface area contributed by atoms with Crippen LogP contribution in [0.3, 0.4) is 0 Å². The molecule has 2 rings (SSSR count). The van der Waals surface area contributed by atoms with Gasteiger partial charge in [-0.2, -0.15) is 0 Å². The predicted molar refractivity (Wildman–Crippen MR) is 101 cm³/mol. The second kappa shape index (κ2) is 10.1. The number of hydrogen-bond acceptors (Lipinski definition) is 5. The van der Waals surface area contributed by atoms with Crippen LogP contribution in [-0.4, -0.2) is 39.2 Å². The van der Waals surface area contributed by atoms with Crippen molar-refractivity contribution in [2.45, 2.75) is 13.0 Å². The van der Waals surface area contributed by atoms with Crippen LogP contribution in [0.1, 0.15) is 18.5 Å². The lowest BCUT2D eigenvalue weighted by Gasteiger charge is -2.18. The highest BCUT2D eigenvalue weighted by molar-refractivity contribution is 5.85. The molecule has 2 amide bonds. The molecule has 2 aromatic rings. The van der Waals surface area contributed by atoms with E-state index in [4.69, 9.17) is 14.2 Å². The molecule has 0 saturated carbocycles. The molecule has 0 bridgehead atoms. The molecule has 0 aliphatic heterocycles. The number of carbonyl (C=O) groups excluding carboxylic acids is 2. The topological polar surface area (TPSA) is 85.9 Å². The molecule has 0 saturated heterocycles. The van der Waals surface area contributed by atoms with Gasteiger partial charge in [0.15, 0.2) is 6.61 Å². The van der Waals surface area contributed by atoms with Crippen molar-refractivity contribution in [3.8, 4) is 17.2 Å². The molecule has 0 aliphatic rings. The van der Waals surface area contributed by atoms with Crippen LogP contribution in [0.2, 0.25) is 0 Å². The summed E-state index contributed by atoms with van der Waals surface area (Å²) in [5.41, 5.74) is 0.781. The SMILES string of the molecule is COc1ccc(OC)c([C@@H](C)NC(=O)CNC(=O)COc2ccccc2)c1. The van der Waals surface area contributed by atoms with Gasteiger partial charge in [0.05, 0.1) is 26.8 Å². The third-order valence-corrected chi connectivity index (χ3v) is 3.84. The average molecular weight is 372 g/mol. The Bertz CT molecular complexity index is 764. The normalized spacial score (nSPS) is 11.2. The van der Waals surface area contributed by atoms with E-state index in [1.54, 1.807) is 44.6 Å². The maximum Gasteiger partial charge on any atom is 0.258 e. The molecule has 0 aromatic heterocycles. The van der Waals surface area contributed by atoms with Crippen molar-refractivity contribution < 1.29 is 23.8 Å². The van der Waals surface area contributed by atoms with Crippen molar-refractivity contribution in [3.63, 3.8) is 0 Å². The number of carbonyl (C=O) groups is 2. The number of hydrogen-bond donors (Lipinski definition) is 2. The molecule has 2 N–H and O–H groups in total. The molecule has 0 heterocycles. The van der Waals surface area contributed by atoms with Gasteiger partial charge in [0.25, 0.3) is 5.91 Å². The summed E-state index contributed by atoms with van der Waals surface area (Å²) in [5.74, 6) is 1.21. The van der Waals surface area contributed by atoms with E-state index in [0.29, 0.717) is 17.2 Å². The van der Waals surface area contributed by atoms with Gasteiger partial charge in [-0.15, -0.1) is 0 Å². The Morgan fingerprint density at radius 2 is 1.70 bits per heavy atom. The first-order valence-corrected chi connectivity index (χ1v) is 8.49. The molecule has 144 valence electrons. The third kappa shape index (κ3) is 6.22. The minimum Gasteiger partial charge on any atom is -0.497 e. The summed E-state index contributed by atoms with van der Waals surface area (Å²) in [6.07, 6.45) is 0. The summed E-state index contributed by atoms with van der Waals surface area (Å²) in [7, 11) is 3.13. The zero-order chi connectivity index (χ0) is 19.6. The van der Waals surface area contributed by atoms with Crippen molar-refractivity contribution in [1.82, 2.24) is 10.6 Å². The molecule has 7 nitrogen and oxygen atoms in total. The highest BCUT2D eigenvalue weighted by Gasteiger charge is 2.16.